The van der Waals surface area contributed by atoms with Crippen molar-refractivity contribution in [1.29, 1.82) is 0 Å². The number of unbranched alkanes of at least 4 members (excludes halogenated alkanes) is 3. The molecular formula is C31H39N3O5S. The smallest absolute Gasteiger partial charge is 0.248 e. The Morgan fingerprint density at radius 3 is 2.48 bits per heavy atom. The molecule has 2 bridgehead atoms. The molecule has 2 aromatic carbocycles. The van der Waals surface area contributed by atoms with Crippen molar-refractivity contribution in [1.82, 2.24) is 10.2 Å². The van der Waals surface area contributed by atoms with Crippen molar-refractivity contribution >= 4 is 35.2 Å². The molecule has 3 fully saturated rings. The van der Waals surface area contributed by atoms with E-state index in [1.807, 2.05) is 30.3 Å². The van der Waals surface area contributed by atoms with Crippen LogP contribution >= 0.6 is 11.8 Å². The predicted molar refractivity (Wildman–Crippen MR) is 156 cm³/mol. The van der Waals surface area contributed by atoms with Crippen LogP contribution in [-0.2, 0) is 20.9 Å². The number of aliphatic hydroxyl groups is 1. The molecule has 0 saturated carbocycles. The summed E-state index contributed by atoms with van der Waals surface area (Å²) in [6, 6.07) is 16.3. The molecule has 3 unspecified atom stereocenters. The summed E-state index contributed by atoms with van der Waals surface area (Å²) in [6.07, 6.45) is 4.00. The Labute approximate surface area is 240 Å². The molecule has 3 heterocycles. The van der Waals surface area contributed by atoms with Crippen molar-refractivity contribution in [3.8, 4) is 5.75 Å². The van der Waals surface area contributed by atoms with E-state index in [9.17, 15) is 14.4 Å². The Kier molecular flexibility index (Phi) is 8.71. The Bertz CT molecular complexity index is 1210. The molecule has 5 rings (SSSR count). The summed E-state index contributed by atoms with van der Waals surface area (Å²) < 4.78 is 4.59. The molecule has 2 aromatic rings. The number of hydrogen-bond acceptors (Lipinski definition) is 6. The van der Waals surface area contributed by atoms with Gasteiger partial charge in [-0.1, -0.05) is 50.1 Å². The molecule has 0 aromatic heterocycles. The Balaban J connectivity index is 1.40. The summed E-state index contributed by atoms with van der Waals surface area (Å²) in [5.41, 5.74) is 1.65. The maximum atomic E-state index is 14.2. The lowest BCUT2D eigenvalue weighted by Crippen LogP contribution is -2.55. The first-order valence-corrected chi connectivity index (χ1v) is 15.1. The van der Waals surface area contributed by atoms with Crippen molar-refractivity contribution in [2.45, 2.75) is 61.6 Å². The molecular weight excluding hydrogens is 526 g/mol. The minimum absolute atomic E-state index is 0.00251. The summed E-state index contributed by atoms with van der Waals surface area (Å²) >= 11 is 1.69. The number of benzene rings is 2. The Morgan fingerprint density at radius 1 is 1.05 bits per heavy atom. The lowest BCUT2D eigenvalue weighted by molar-refractivity contribution is -0.139. The number of likely N-dealkylation sites (tertiary alicyclic amines) is 1. The van der Waals surface area contributed by atoms with Gasteiger partial charge < -0.3 is 25.4 Å². The van der Waals surface area contributed by atoms with Gasteiger partial charge in [-0.25, -0.2) is 0 Å². The van der Waals surface area contributed by atoms with Crippen LogP contribution in [0.1, 0.15) is 44.6 Å². The second-order valence-corrected chi connectivity index (χ2v) is 12.7. The van der Waals surface area contributed by atoms with Crippen molar-refractivity contribution in [3.63, 3.8) is 0 Å². The molecule has 214 valence electrons. The number of aliphatic hydroxyl groups excluding tert-OH is 1. The summed E-state index contributed by atoms with van der Waals surface area (Å²) in [5, 5.41) is 15.3. The number of nitrogens with one attached hydrogen (secondary N) is 2. The number of ether oxygens (including phenoxy) is 1. The third-order valence-corrected chi connectivity index (χ3v) is 10.8. The number of rotatable bonds is 12. The lowest BCUT2D eigenvalue weighted by atomic mass is 9.66. The third kappa shape index (κ3) is 5.21. The number of fused-ring (bicyclic) bond motifs is 1. The molecule has 8 nitrogen and oxygen atoms in total. The van der Waals surface area contributed by atoms with Gasteiger partial charge in [0.25, 0.3) is 0 Å². The SMILES string of the molecule is COc1ccc(NC(=O)C2N(CCCCCCO)C(=O)[C@@H]3[C@H](C(=O)NCc4ccccc4)[C@@H]4CC(C)C23S4)cc1. The first-order chi connectivity index (χ1) is 19.4. The monoisotopic (exact) mass is 565 g/mol. The topological polar surface area (TPSA) is 108 Å². The number of amides is 3. The maximum Gasteiger partial charge on any atom is 0.248 e. The highest BCUT2D eigenvalue weighted by Crippen LogP contribution is 2.68. The first kappa shape index (κ1) is 28.5. The van der Waals surface area contributed by atoms with Gasteiger partial charge in [-0.2, -0.15) is 0 Å². The highest BCUT2D eigenvalue weighted by Gasteiger charge is 2.75. The van der Waals surface area contributed by atoms with Crippen LogP contribution in [0.3, 0.4) is 0 Å². The second kappa shape index (κ2) is 12.2. The van der Waals surface area contributed by atoms with Gasteiger partial charge in [-0.05, 0) is 55.0 Å². The van der Waals surface area contributed by atoms with Crippen LogP contribution in [0, 0.1) is 17.8 Å². The number of carbonyl (C=O) groups is 3. The number of anilines is 1. The highest BCUT2D eigenvalue weighted by molar-refractivity contribution is 8.02. The molecule has 3 aliphatic heterocycles. The van der Waals surface area contributed by atoms with Gasteiger partial charge in [0.05, 0.1) is 23.7 Å². The van der Waals surface area contributed by atoms with Crippen LogP contribution in [0.15, 0.2) is 54.6 Å². The largest absolute Gasteiger partial charge is 0.497 e. The molecule has 40 heavy (non-hydrogen) atoms. The average Bonchev–Trinajstić information content (AvgIpc) is 3.56. The van der Waals surface area contributed by atoms with Gasteiger partial charge in [-0.15, -0.1) is 11.8 Å². The molecule has 3 aliphatic rings. The molecule has 3 saturated heterocycles. The number of hydrogen-bond donors (Lipinski definition) is 3. The summed E-state index contributed by atoms with van der Waals surface area (Å²) in [4.78, 5) is 43.6. The van der Waals surface area contributed by atoms with Gasteiger partial charge in [0.1, 0.15) is 11.8 Å². The van der Waals surface area contributed by atoms with Crippen LogP contribution in [0.4, 0.5) is 5.69 Å². The fourth-order valence-corrected chi connectivity index (χ4v) is 9.32. The molecule has 9 heteroatoms. The zero-order valence-corrected chi connectivity index (χ0v) is 24.0. The van der Waals surface area contributed by atoms with Gasteiger partial charge in [-0.3, -0.25) is 14.4 Å². The number of nitrogens with zero attached hydrogens (tertiary/aromatic N) is 1. The normalized spacial score (nSPS) is 28.4. The number of carbonyl (C=O) groups excluding carboxylic acids is 3. The summed E-state index contributed by atoms with van der Waals surface area (Å²) in [5.74, 6) is -0.590. The fourth-order valence-electron chi connectivity index (χ4n) is 6.90. The van der Waals surface area contributed by atoms with E-state index < -0.39 is 22.6 Å². The van der Waals surface area contributed by atoms with Crippen LogP contribution in [-0.4, -0.2) is 64.0 Å². The average molecular weight is 566 g/mol. The number of thioether (sulfide) groups is 1. The zero-order valence-electron chi connectivity index (χ0n) is 23.2. The van der Waals surface area contributed by atoms with E-state index in [4.69, 9.17) is 9.84 Å². The fraction of sp³-hybridized carbons (Fsp3) is 0.516. The van der Waals surface area contributed by atoms with Gasteiger partial charge in [0, 0.05) is 30.6 Å². The number of methoxy groups -OCH3 is 1. The molecule has 3 N–H and O–H groups in total. The Hall–Kier alpha value is -3.04. The molecule has 1 spiro atoms. The van der Waals surface area contributed by atoms with Gasteiger partial charge in [0.15, 0.2) is 0 Å². The quantitative estimate of drug-likeness (QED) is 0.338. The van der Waals surface area contributed by atoms with Gasteiger partial charge in [0.2, 0.25) is 17.7 Å². The lowest BCUT2D eigenvalue weighted by Gasteiger charge is -2.38. The van der Waals surface area contributed by atoms with Gasteiger partial charge >= 0.3 is 0 Å². The van der Waals surface area contributed by atoms with E-state index in [2.05, 4.69) is 17.6 Å². The molecule has 0 aliphatic carbocycles. The van der Waals surface area contributed by atoms with Crippen molar-refractivity contribution in [2.24, 2.45) is 17.8 Å². The van der Waals surface area contributed by atoms with E-state index in [1.165, 1.54) is 0 Å². The standard InChI is InChI=1S/C31H39N3O5S/c1-20-18-24-25(28(36)32-19-21-10-6-5-7-11-21)26-30(38)34(16-8-3-4-9-17-35)27(31(20,26)40-24)29(37)33-22-12-14-23(39-2)15-13-22/h5-7,10-15,20,24-27,35H,3-4,8-9,16-19H2,1-2H3,(H,32,36)(H,33,37)/t20?,24-,25+,26-,27?,31?/m0/s1. The van der Waals surface area contributed by atoms with Crippen molar-refractivity contribution in [3.05, 3.63) is 60.2 Å². The van der Waals surface area contributed by atoms with E-state index in [-0.39, 0.29) is 35.5 Å². The maximum absolute atomic E-state index is 14.2. The second-order valence-electron chi connectivity index (χ2n) is 11.1. The van der Waals surface area contributed by atoms with E-state index in [0.29, 0.717) is 24.5 Å². The first-order valence-electron chi connectivity index (χ1n) is 14.3. The van der Waals surface area contributed by atoms with Crippen molar-refractivity contribution in [2.75, 3.05) is 25.6 Å². The van der Waals surface area contributed by atoms with E-state index in [0.717, 1.165) is 37.7 Å². The van der Waals surface area contributed by atoms with Crippen LogP contribution in [0.5, 0.6) is 5.75 Å². The molecule has 3 amide bonds. The highest BCUT2D eigenvalue weighted by atomic mass is 32.2. The third-order valence-electron chi connectivity index (χ3n) is 8.77. The van der Waals surface area contributed by atoms with Crippen LogP contribution in [0.2, 0.25) is 0 Å². The predicted octanol–water partition coefficient (Wildman–Crippen LogP) is 3.84. The Morgan fingerprint density at radius 2 is 1.77 bits per heavy atom. The van der Waals surface area contributed by atoms with Crippen molar-refractivity contribution < 1.29 is 24.2 Å². The van der Waals surface area contributed by atoms with E-state index >= 15 is 0 Å². The molecule has 0 radical (unpaired) electrons. The summed E-state index contributed by atoms with van der Waals surface area (Å²) in [7, 11) is 1.59. The van der Waals surface area contributed by atoms with Crippen LogP contribution in [0.25, 0.3) is 0 Å². The van der Waals surface area contributed by atoms with Crippen LogP contribution < -0.4 is 15.4 Å². The minimum atomic E-state index is -0.665. The zero-order chi connectivity index (χ0) is 28.3. The van der Waals surface area contributed by atoms with E-state index in [1.54, 1.807) is 48.0 Å². The minimum Gasteiger partial charge on any atom is -0.497 e. The summed E-state index contributed by atoms with van der Waals surface area (Å²) in [6.45, 7) is 3.15. The molecule has 6 atom stereocenters.